The molecule has 0 saturated carbocycles. The maximum Gasteiger partial charge on any atom is 0.216 e. The van der Waals surface area contributed by atoms with Crippen molar-refractivity contribution in [2.75, 3.05) is 0 Å². The predicted molar refractivity (Wildman–Crippen MR) is 135 cm³/mol. The predicted octanol–water partition coefficient (Wildman–Crippen LogP) is 7.21. The van der Waals surface area contributed by atoms with Gasteiger partial charge in [0.15, 0.2) is 6.20 Å². The normalized spacial score (nSPS) is 21.9. The molecule has 6 rings (SSSR count). The lowest BCUT2D eigenvalue weighted by atomic mass is 9.85. The highest BCUT2D eigenvalue weighted by atomic mass is 16.3. The van der Waals surface area contributed by atoms with Crippen LogP contribution < -0.4 is 4.57 Å². The van der Waals surface area contributed by atoms with Gasteiger partial charge in [-0.25, -0.2) is 4.57 Å². The maximum absolute atomic E-state index is 8.73. The van der Waals surface area contributed by atoms with Crippen LogP contribution in [0.15, 0.2) is 65.3 Å². The average molecular weight is 447 g/mol. The molecule has 0 aliphatic heterocycles. The zero-order chi connectivity index (χ0) is 34.0. The molecule has 164 valence electrons. The van der Waals surface area contributed by atoms with Gasteiger partial charge in [-0.05, 0) is 35.6 Å². The van der Waals surface area contributed by atoms with Gasteiger partial charge in [-0.15, -0.1) is 0 Å². The van der Waals surface area contributed by atoms with Gasteiger partial charge in [0.1, 0.15) is 18.2 Å². The second-order valence-corrected chi connectivity index (χ2v) is 8.54. The lowest BCUT2D eigenvalue weighted by Crippen LogP contribution is -2.31. The summed E-state index contributed by atoms with van der Waals surface area (Å²) in [5.41, 5.74) is 0.0986. The zero-order valence-electron chi connectivity index (χ0n) is 31.1. The van der Waals surface area contributed by atoms with Crippen molar-refractivity contribution in [1.29, 1.82) is 0 Å². The molecule has 0 amide bonds. The highest BCUT2D eigenvalue weighted by Gasteiger charge is 2.39. The minimum absolute atomic E-state index is 0.0490. The first-order valence-electron chi connectivity index (χ1n) is 17.0. The van der Waals surface area contributed by atoms with Gasteiger partial charge in [-0.2, -0.15) is 0 Å². The summed E-state index contributed by atoms with van der Waals surface area (Å²) in [7, 11) is 1.69. The molecule has 3 nitrogen and oxygen atoms in total. The third-order valence-corrected chi connectivity index (χ3v) is 6.55. The molecule has 3 heterocycles. The number of nitrogens with zero attached hydrogens (tertiary/aromatic N) is 2. The number of rotatable bonds is 2. The molecular formula is C30H29N2O+. The highest BCUT2D eigenvalue weighted by molar-refractivity contribution is 6.14. The van der Waals surface area contributed by atoms with E-state index in [-0.39, 0.29) is 22.4 Å². The minimum atomic E-state index is -3.18. The van der Waals surface area contributed by atoms with E-state index in [1.165, 1.54) is 30.6 Å². The fraction of sp³-hybridized carbons (Fsp3) is 0.267. The van der Waals surface area contributed by atoms with Crippen LogP contribution in [0.5, 0.6) is 0 Å². The first-order chi connectivity index (χ1) is 21.1. The fourth-order valence-corrected chi connectivity index (χ4v) is 4.91. The topological polar surface area (TPSA) is 29.9 Å². The average Bonchev–Trinajstić information content (AvgIpc) is 3.45. The minimum Gasteiger partial charge on any atom is -0.454 e. The van der Waals surface area contributed by atoms with Gasteiger partial charge in [-0.3, -0.25) is 4.98 Å². The third kappa shape index (κ3) is 2.68. The van der Waals surface area contributed by atoms with E-state index in [2.05, 4.69) is 4.98 Å². The van der Waals surface area contributed by atoms with Crippen molar-refractivity contribution >= 4 is 21.9 Å². The van der Waals surface area contributed by atoms with E-state index in [0.29, 0.717) is 44.3 Å². The SMILES string of the molecule is [2H]C([2H])([2H])C([2H])(c1cc[n+](C)c(-c2c(C)ccc3c2oc2c4c(ccc23)C(C([2H])([2H])[2H])(C([2H])([2H])[2H])c2ncccc2-4)c1)C([2H])([2H])[2H]. The number of aromatic nitrogens is 2. The molecule has 0 spiro atoms. The Morgan fingerprint density at radius 1 is 1.03 bits per heavy atom. The lowest BCUT2D eigenvalue weighted by Gasteiger charge is -2.19. The number of fused-ring (bicyclic) bond motifs is 7. The monoisotopic (exact) mass is 446 g/mol. The van der Waals surface area contributed by atoms with Crippen LogP contribution in [0.3, 0.4) is 0 Å². The summed E-state index contributed by atoms with van der Waals surface area (Å²) >= 11 is 0. The maximum atomic E-state index is 8.73. The van der Waals surface area contributed by atoms with Crippen molar-refractivity contribution in [3.8, 4) is 22.4 Å². The Labute approximate surface area is 213 Å². The van der Waals surface area contributed by atoms with Crippen LogP contribution in [0.4, 0.5) is 0 Å². The number of aryl methyl sites for hydroxylation is 2. The second-order valence-electron chi connectivity index (χ2n) is 8.54. The van der Waals surface area contributed by atoms with Gasteiger partial charge in [0.2, 0.25) is 5.69 Å². The van der Waals surface area contributed by atoms with Crippen LogP contribution >= 0.6 is 0 Å². The molecule has 3 aromatic heterocycles. The molecule has 1 aliphatic carbocycles. The van der Waals surface area contributed by atoms with Crippen molar-refractivity contribution in [1.82, 2.24) is 4.98 Å². The van der Waals surface area contributed by atoms with Crippen molar-refractivity contribution < 1.29 is 26.8 Å². The summed E-state index contributed by atoms with van der Waals surface area (Å²) in [6.45, 7) is -10.6. The molecule has 0 atom stereocenters. The molecule has 3 heteroatoms. The molecule has 2 aromatic carbocycles. The van der Waals surface area contributed by atoms with E-state index in [0.717, 1.165) is 0 Å². The van der Waals surface area contributed by atoms with E-state index < -0.39 is 38.7 Å². The van der Waals surface area contributed by atoms with Crippen molar-refractivity contribution in [2.24, 2.45) is 7.05 Å². The largest absolute Gasteiger partial charge is 0.454 e. The van der Waals surface area contributed by atoms with E-state index >= 15 is 0 Å². The molecule has 0 N–H and O–H groups in total. The van der Waals surface area contributed by atoms with Crippen molar-refractivity contribution in [2.45, 2.75) is 45.6 Å². The Bertz CT molecular complexity index is 2020. The molecule has 5 aromatic rings. The molecule has 0 unspecified atom stereocenters. The Morgan fingerprint density at radius 2 is 1.82 bits per heavy atom. The smallest absolute Gasteiger partial charge is 0.216 e. The summed E-state index contributed by atoms with van der Waals surface area (Å²) in [5, 5.41) is 1.19. The quantitative estimate of drug-likeness (QED) is 0.268. The summed E-state index contributed by atoms with van der Waals surface area (Å²) < 4.78 is 116. The highest BCUT2D eigenvalue weighted by Crippen LogP contribution is 2.52. The third-order valence-electron chi connectivity index (χ3n) is 6.55. The van der Waals surface area contributed by atoms with E-state index in [1.54, 1.807) is 36.7 Å². The second kappa shape index (κ2) is 6.77. The molecule has 0 fully saturated rings. The van der Waals surface area contributed by atoms with E-state index in [9.17, 15) is 0 Å². The van der Waals surface area contributed by atoms with Crippen molar-refractivity contribution in [3.63, 3.8) is 0 Å². The van der Waals surface area contributed by atoms with Crippen LogP contribution in [0.1, 0.15) is 73.5 Å². The van der Waals surface area contributed by atoms with Crippen LogP contribution in [-0.4, -0.2) is 4.98 Å². The summed E-state index contributed by atoms with van der Waals surface area (Å²) in [6, 6.07) is 12.7. The van der Waals surface area contributed by atoms with E-state index in [4.69, 9.17) is 22.2 Å². The first kappa shape index (κ1) is 10.6. The standard InChI is InChI=1S/C30H29N2O/c1-17(2)19-13-15-32(6)24(16-19)25-18(3)9-10-20-21-11-12-23-26(28(21)33-27(20)25)22-8-7-14-31-29(22)30(23,4)5/h7-17H,1-6H3/q+1/i1D3,2D3,4D3,5D3,17D. The van der Waals surface area contributed by atoms with E-state index in [1.807, 2.05) is 12.1 Å². The van der Waals surface area contributed by atoms with Gasteiger partial charge < -0.3 is 4.42 Å². The zero-order valence-corrected chi connectivity index (χ0v) is 18.1. The summed E-state index contributed by atoms with van der Waals surface area (Å²) in [5.74, 6) is -2.93. The number of hydrogen-bond donors (Lipinski definition) is 0. The lowest BCUT2D eigenvalue weighted by molar-refractivity contribution is -0.660. The molecule has 0 bridgehead atoms. The Hall–Kier alpha value is -3.46. The fourth-order valence-electron chi connectivity index (χ4n) is 4.91. The van der Waals surface area contributed by atoms with Crippen LogP contribution in [-0.2, 0) is 12.5 Å². The number of furan rings is 1. The van der Waals surface area contributed by atoms with Crippen LogP contribution in [0.25, 0.3) is 44.3 Å². The van der Waals surface area contributed by atoms with Crippen LogP contribution in [0.2, 0.25) is 0 Å². The Kier molecular flexibility index (Phi) is 2.18. The molecule has 33 heavy (non-hydrogen) atoms. The van der Waals surface area contributed by atoms with Crippen molar-refractivity contribution in [3.05, 3.63) is 83.3 Å². The number of hydrogen-bond acceptors (Lipinski definition) is 2. The first-order valence-corrected chi connectivity index (χ1v) is 10.5. The number of pyridine rings is 2. The Morgan fingerprint density at radius 3 is 2.61 bits per heavy atom. The summed E-state index contributed by atoms with van der Waals surface area (Å²) in [4.78, 5) is 4.31. The van der Waals surface area contributed by atoms with Gasteiger partial charge in [0.05, 0.1) is 11.3 Å². The Balaban J connectivity index is 1.71. The van der Waals surface area contributed by atoms with Gasteiger partial charge in [0.25, 0.3) is 0 Å². The summed E-state index contributed by atoms with van der Waals surface area (Å²) in [6.07, 6.45) is 2.86. The number of benzene rings is 2. The molecule has 0 saturated heterocycles. The van der Waals surface area contributed by atoms with Crippen LogP contribution in [0, 0.1) is 6.92 Å². The van der Waals surface area contributed by atoms with Gasteiger partial charge >= 0.3 is 0 Å². The molecule has 0 radical (unpaired) electrons. The molecular weight excluding hydrogens is 404 g/mol. The van der Waals surface area contributed by atoms with Gasteiger partial charge in [0, 0.05) is 63.5 Å². The van der Waals surface area contributed by atoms with Gasteiger partial charge in [-0.1, -0.05) is 57.7 Å². The molecule has 1 aliphatic rings.